The summed E-state index contributed by atoms with van der Waals surface area (Å²) in [6.07, 6.45) is -6.09. The lowest BCUT2D eigenvalue weighted by Crippen LogP contribution is -2.60. The molecule has 0 aliphatic carbocycles. The Bertz CT molecular complexity index is 723. The molecule has 140 valence electrons. The molecule has 0 spiro atoms. The maximum Gasteiger partial charge on any atom is 0.229 e. The third-order valence-corrected chi connectivity index (χ3v) is 4.59. The fraction of sp³-hybridized carbons (Fsp3) is 0.368. The van der Waals surface area contributed by atoms with Gasteiger partial charge in [0.2, 0.25) is 6.29 Å². The first-order valence-electron chi connectivity index (χ1n) is 8.29. The highest BCUT2D eigenvalue weighted by molar-refractivity contribution is 6.30. The molecule has 1 aliphatic heterocycles. The third kappa shape index (κ3) is 4.17. The highest BCUT2D eigenvalue weighted by Gasteiger charge is 2.44. The van der Waals surface area contributed by atoms with Crippen LogP contribution in [-0.2, 0) is 11.2 Å². The Labute approximate surface area is 156 Å². The molecule has 1 fully saturated rings. The summed E-state index contributed by atoms with van der Waals surface area (Å²) >= 11 is 6.10. The lowest BCUT2D eigenvalue weighted by atomic mass is 9.99. The molecule has 5 unspecified atom stereocenters. The van der Waals surface area contributed by atoms with E-state index in [0.717, 1.165) is 11.1 Å². The molecular weight excluding hydrogens is 360 g/mol. The van der Waals surface area contributed by atoms with Gasteiger partial charge in [0.25, 0.3) is 0 Å². The van der Waals surface area contributed by atoms with Crippen LogP contribution in [0.3, 0.4) is 0 Å². The smallest absolute Gasteiger partial charge is 0.229 e. The van der Waals surface area contributed by atoms with E-state index in [-0.39, 0.29) is 0 Å². The second-order valence-corrected chi connectivity index (χ2v) is 6.67. The van der Waals surface area contributed by atoms with Gasteiger partial charge in [0.15, 0.2) is 0 Å². The van der Waals surface area contributed by atoms with Crippen molar-refractivity contribution in [2.75, 3.05) is 6.61 Å². The van der Waals surface area contributed by atoms with E-state index >= 15 is 0 Å². The van der Waals surface area contributed by atoms with Crippen molar-refractivity contribution in [2.24, 2.45) is 0 Å². The maximum atomic E-state index is 10.2. The second-order valence-electron chi connectivity index (χ2n) is 6.23. The molecule has 7 heteroatoms. The Morgan fingerprint density at radius 3 is 2.38 bits per heavy atom. The third-order valence-electron chi connectivity index (χ3n) is 4.35. The van der Waals surface area contributed by atoms with Gasteiger partial charge < -0.3 is 29.9 Å². The maximum absolute atomic E-state index is 10.2. The lowest BCUT2D eigenvalue weighted by Gasteiger charge is -2.39. The van der Waals surface area contributed by atoms with Gasteiger partial charge in [-0.15, -0.1) is 0 Å². The van der Waals surface area contributed by atoms with Crippen molar-refractivity contribution in [3.05, 3.63) is 64.7 Å². The fourth-order valence-corrected chi connectivity index (χ4v) is 3.10. The predicted octanol–water partition coefficient (Wildman–Crippen LogP) is 1.11. The van der Waals surface area contributed by atoms with E-state index in [1.807, 2.05) is 30.3 Å². The van der Waals surface area contributed by atoms with Gasteiger partial charge in [-0.1, -0.05) is 41.9 Å². The molecule has 0 aromatic heterocycles. The normalized spacial score (nSPS) is 28.7. The average molecular weight is 381 g/mol. The first kappa shape index (κ1) is 19.1. The van der Waals surface area contributed by atoms with E-state index in [1.54, 1.807) is 18.2 Å². The van der Waals surface area contributed by atoms with Gasteiger partial charge in [-0.2, -0.15) is 0 Å². The van der Waals surface area contributed by atoms with Gasteiger partial charge in [-0.3, -0.25) is 0 Å². The Balaban J connectivity index is 1.83. The van der Waals surface area contributed by atoms with Gasteiger partial charge in [0.05, 0.1) is 6.61 Å². The zero-order valence-corrected chi connectivity index (χ0v) is 14.7. The van der Waals surface area contributed by atoms with Crippen LogP contribution in [0.1, 0.15) is 11.1 Å². The van der Waals surface area contributed by atoms with E-state index in [1.165, 1.54) is 0 Å². The largest absolute Gasteiger partial charge is 0.462 e. The van der Waals surface area contributed by atoms with Crippen molar-refractivity contribution in [2.45, 2.75) is 37.1 Å². The van der Waals surface area contributed by atoms with Crippen molar-refractivity contribution >= 4 is 11.6 Å². The second kappa shape index (κ2) is 8.35. The van der Waals surface area contributed by atoms with Gasteiger partial charge in [0, 0.05) is 17.0 Å². The van der Waals surface area contributed by atoms with Crippen molar-refractivity contribution in [3.63, 3.8) is 0 Å². The molecule has 1 saturated heterocycles. The Morgan fingerprint density at radius 1 is 0.962 bits per heavy atom. The van der Waals surface area contributed by atoms with Crippen molar-refractivity contribution < 1.29 is 29.9 Å². The summed E-state index contributed by atoms with van der Waals surface area (Å²) < 4.78 is 11.2. The molecule has 1 heterocycles. The van der Waals surface area contributed by atoms with Crippen LogP contribution in [0.5, 0.6) is 5.75 Å². The number of hydrogen-bond acceptors (Lipinski definition) is 6. The SMILES string of the molecule is OCC1OC(Oc2ccc(Cl)cc2Cc2ccccc2)C(O)C(O)C1O. The predicted molar refractivity (Wildman–Crippen MR) is 95.1 cm³/mol. The van der Waals surface area contributed by atoms with Crippen LogP contribution in [0, 0.1) is 0 Å². The van der Waals surface area contributed by atoms with Gasteiger partial charge in [-0.05, 0) is 23.8 Å². The minimum atomic E-state index is -1.49. The number of hydrogen-bond donors (Lipinski definition) is 4. The Morgan fingerprint density at radius 2 is 1.69 bits per heavy atom. The first-order valence-corrected chi connectivity index (χ1v) is 8.67. The lowest BCUT2D eigenvalue weighted by molar-refractivity contribution is -0.277. The van der Waals surface area contributed by atoms with Gasteiger partial charge in [0.1, 0.15) is 30.2 Å². The van der Waals surface area contributed by atoms with Gasteiger partial charge in [-0.25, -0.2) is 0 Å². The van der Waals surface area contributed by atoms with E-state index in [9.17, 15) is 20.4 Å². The van der Waals surface area contributed by atoms with Gasteiger partial charge >= 0.3 is 0 Å². The number of rotatable bonds is 5. The monoisotopic (exact) mass is 380 g/mol. The Hall–Kier alpha value is -1.67. The topological polar surface area (TPSA) is 99.4 Å². The van der Waals surface area contributed by atoms with E-state index in [2.05, 4.69) is 0 Å². The summed E-state index contributed by atoms with van der Waals surface area (Å²) in [4.78, 5) is 0. The number of halogens is 1. The summed E-state index contributed by atoms with van der Waals surface area (Å²) in [7, 11) is 0. The van der Waals surface area contributed by atoms with Crippen LogP contribution in [0.2, 0.25) is 5.02 Å². The fourth-order valence-electron chi connectivity index (χ4n) is 2.91. The Kier molecular flexibility index (Phi) is 6.13. The van der Waals surface area contributed by atoms with Crippen molar-refractivity contribution in [1.29, 1.82) is 0 Å². The molecule has 26 heavy (non-hydrogen) atoms. The van der Waals surface area contributed by atoms with E-state index in [0.29, 0.717) is 17.2 Å². The van der Waals surface area contributed by atoms with Crippen LogP contribution >= 0.6 is 11.6 Å². The van der Waals surface area contributed by atoms with Crippen molar-refractivity contribution in [3.8, 4) is 5.75 Å². The number of aliphatic hydroxyl groups excluding tert-OH is 4. The molecular formula is C19H21ClO6. The zero-order valence-electron chi connectivity index (χ0n) is 13.9. The molecule has 0 amide bonds. The number of aliphatic hydroxyl groups is 4. The first-order chi connectivity index (χ1) is 12.5. The van der Waals surface area contributed by atoms with E-state index in [4.69, 9.17) is 21.1 Å². The molecule has 1 aliphatic rings. The zero-order chi connectivity index (χ0) is 18.7. The standard InChI is InChI=1S/C19H21ClO6/c20-13-6-7-14(12(9-13)8-11-4-2-1-3-5-11)25-19-18(24)17(23)16(22)15(10-21)26-19/h1-7,9,15-19,21-24H,8,10H2. The highest BCUT2D eigenvalue weighted by atomic mass is 35.5. The molecule has 2 aromatic carbocycles. The van der Waals surface area contributed by atoms with Crippen LogP contribution in [0.4, 0.5) is 0 Å². The van der Waals surface area contributed by atoms with Crippen LogP contribution in [-0.4, -0.2) is 57.7 Å². The molecule has 4 N–H and O–H groups in total. The molecule has 0 bridgehead atoms. The average Bonchev–Trinajstić information content (AvgIpc) is 2.65. The van der Waals surface area contributed by atoms with E-state index < -0.39 is 37.3 Å². The summed E-state index contributed by atoms with van der Waals surface area (Å²) in [5, 5.41) is 39.7. The molecule has 2 aromatic rings. The summed E-state index contributed by atoms with van der Waals surface area (Å²) in [6, 6.07) is 14.8. The summed E-state index contributed by atoms with van der Waals surface area (Å²) in [5.74, 6) is 0.433. The van der Waals surface area contributed by atoms with Crippen LogP contribution in [0.25, 0.3) is 0 Å². The number of benzene rings is 2. The number of ether oxygens (including phenoxy) is 2. The van der Waals surface area contributed by atoms with Crippen LogP contribution in [0.15, 0.2) is 48.5 Å². The molecule has 6 nitrogen and oxygen atoms in total. The molecule has 0 radical (unpaired) electrons. The molecule has 0 saturated carbocycles. The summed E-state index contributed by atoms with van der Waals surface area (Å²) in [5.41, 5.74) is 1.83. The quantitative estimate of drug-likeness (QED) is 0.620. The minimum Gasteiger partial charge on any atom is -0.462 e. The van der Waals surface area contributed by atoms with Crippen LogP contribution < -0.4 is 4.74 Å². The molecule has 5 atom stereocenters. The minimum absolute atomic E-state index is 0.433. The highest BCUT2D eigenvalue weighted by Crippen LogP contribution is 2.29. The van der Waals surface area contributed by atoms with Crippen molar-refractivity contribution in [1.82, 2.24) is 0 Å². The molecule has 3 rings (SSSR count). The summed E-state index contributed by atoms with van der Waals surface area (Å²) in [6.45, 7) is -0.512.